The van der Waals surface area contributed by atoms with Gasteiger partial charge in [0.2, 0.25) is 0 Å². The fourth-order valence-corrected chi connectivity index (χ4v) is 3.88. The molecule has 3 aromatic rings. The molecule has 1 amide bonds. The predicted octanol–water partition coefficient (Wildman–Crippen LogP) is 3.65. The number of pyridine rings is 1. The van der Waals surface area contributed by atoms with Crippen molar-refractivity contribution >= 4 is 11.6 Å². The maximum absolute atomic E-state index is 13.2. The molecule has 0 radical (unpaired) electrons. The Morgan fingerprint density at radius 1 is 1.08 bits per heavy atom. The first kappa shape index (κ1) is 16.7. The summed E-state index contributed by atoms with van der Waals surface area (Å²) in [6, 6.07) is 9.73. The van der Waals surface area contributed by atoms with E-state index in [2.05, 4.69) is 24.0 Å². The number of piperidine rings is 1. The number of halogens is 1. The molecule has 1 aliphatic heterocycles. The Morgan fingerprint density at radius 2 is 1.77 bits per heavy atom. The fraction of sp³-hybridized carbons (Fsp3) is 0.350. The molecule has 1 saturated heterocycles. The van der Waals surface area contributed by atoms with Crippen LogP contribution in [-0.2, 0) is 0 Å². The van der Waals surface area contributed by atoms with Gasteiger partial charge in [-0.05, 0) is 54.7 Å². The van der Waals surface area contributed by atoms with Crippen molar-refractivity contribution in [3.8, 4) is 11.4 Å². The number of carbonyl (C=O) groups excluding carboxylic acids is 1. The zero-order valence-corrected chi connectivity index (χ0v) is 14.9. The molecule has 0 saturated carbocycles. The van der Waals surface area contributed by atoms with Gasteiger partial charge in [-0.25, -0.2) is 4.39 Å². The van der Waals surface area contributed by atoms with Crippen molar-refractivity contribution in [2.45, 2.75) is 20.3 Å². The molecule has 5 nitrogen and oxygen atoms in total. The van der Waals surface area contributed by atoms with Crippen molar-refractivity contribution in [1.29, 1.82) is 0 Å². The fourth-order valence-electron chi connectivity index (χ4n) is 3.88. The summed E-state index contributed by atoms with van der Waals surface area (Å²) < 4.78 is 15.0. The van der Waals surface area contributed by atoms with E-state index < -0.39 is 0 Å². The van der Waals surface area contributed by atoms with Gasteiger partial charge in [0.15, 0.2) is 11.5 Å². The Labute approximate surface area is 151 Å². The summed E-state index contributed by atoms with van der Waals surface area (Å²) in [6.07, 6.45) is 2.97. The topological polar surface area (TPSA) is 50.5 Å². The van der Waals surface area contributed by atoms with Gasteiger partial charge in [0, 0.05) is 24.8 Å². The minimum Gasteiger partial charge on any atom is -0.338 e. The van der Waals surface area contributed by atoms with Crippen LogP contribution in [0.4, 0.5) is 4.39 Å². The molecule has 1 aliphatic rings. The summed E-state index contributed by atoms with van der Waals surface area (Å²) in [5.74, 6) is 1.28. The second kappa shape index (κ2) is 6.52. The van der Waals surface area contributed by atoms with Crippen LogP contribution in [0.25, 0.3) is 17.0 Å². The third-order valence-electron chi connectivity index (χ3n) is 4.92. The van der Waals surface area contributed by atoms with Gasteiger partial charge in [0.05, 0.1) is 5.56 Å². The average molecular weight is 352 g/mol. The van der Waals surface area contributed by atoms with Crippen LogP contribution in [0.15, 0.2) is 42.6 Å². The van der Waals surface area contributed by atoms with Gasteiger partial charge in [0.1, 0.15) is 5.82 Å². The molecule has 2 atom stereocenters. The molecule has 3 heterocycles. The first-order valence-corrected chi connectivity index (χ1v) is 8.92. The summed E-state index contributed by atoms with van der Waals surface area (Å²) in [5, 5.41) is 8.48. The lowest BCUT2D eigenvalue weighted by molar-refractivity contribution is 0.0624. The Balaban J connectivity index is 1.73. The first-order valence-electron chi connectivity index (χ1n) is 8.92. The van der Waals surface area contributed by atoms with Crippen LogP contribution >= 0.6 is 0 Å². The molecule has 6 heteroatoms. The SMILES string of the molecule is C[C@@H]1C[C@H](C)CN(C(=O)c2cccn3c(-c4ccc(F)cc4)nnc23)C1. The molecule has 1 aromatic carbocycles. The molecule has 4 rings (SSSR count). The van der Waals surface area contributed by atoms with Crippen LogP contribution < -0.4 is 0 Å². The number of aromatic nitrogens is 3. The molecule has 0 unspecified atom stereocenters. The van der Waals surface area contributed by atoms with E-state index >= 15 is 0 Å². The largest absolute Gasteiger partial charge is 0.338 e. The highest BCUT2D eigenvalue weighted by molar-refractivity contribution is 6.00. The smallest absolute Gasteiger partial charge is 0.257 e. The number of rotatable bonds is 2. The molecular formula is C20H21FN4O. The van der Waals surface area contributed by atoms with Crippen molar-refractivity contribution < 1.29 is 9.18 Å². The van der Waals surface area contributed by atoms with E-state index in [1.165, 1.54) is 12.1 Å². The summed E-state index contributed by atoms with van der Waals surface area (Å²) in [4.78, 5) is 15.0. The van der Waals surface area contributed by atoms with Crippen LogP contribution in [0.2, 0.25) is 0 Å². The van der Waals surface area contributed by atoms with Crippen molar-refractivity contribution in [2.24, 2.45) is 11.8 Å². The molecule has 0 bridgehead atoms. The molecular weight excluding hydrogens is 331 g/mol. The lowest BCUT2D eigenvalue weighted by atomic mass is 9.91. The molecule has 2 aromatic heterocycles. The van der Waals surface area contributed by atoms with E-state index in [1.54, 1.807) is 22.6 Å². The van der Waals surface area contributed by atoms with Crippen LogP contribution in [-0.4, -0.2) is 38.5 Å². The van der Waals surface area contributed by atoms with Gasteiger partial charge in [-0.2, -0.15) is 0 Å². The molecule has 1 fully saturated rings. The highest BCUT2D eigenvalue weighted by Crippen LogP contribution is 2.25. The Morgan fingerprint density at radius 3 is 2.46 bits per heavy atom. The van der Waals surface area contributed by atoms with Crippen LogP contribution in [0, 0.1) is 17.7 Å². The lowest BCUT2D eigenvalue weighted by Crippen LogP contribution is -2.42. The van der Waals surface area contributed by atoms with E-state index in [9.17, 15) is 9.18 Å². The number of hydrogen-bond donors (Lipinski definition) is 0. The number of hydrogen-bond acceptors (Lipinski definition) is 3. The highest BCUT2D eigenvalue weighted by Gasteiger charge is 2.28. The zero-order chi connectivity index (χ0) is 18.3. The monoisotopic (exact) mass is 352 g/mol. The van der Waals surface area contributed by atoms with Crippen molar-refractivity contribution in [2.75, 3.05) is 13.1 Å². The molecule has 26 heavy (non-hydrogen) atoms. The normalized spacial score (nSPS) is 20.5. The standard InChI is InChI=1S/C20H21FN4O/c1-13-10-14(2)12-24(11-13)20(26)17-4-3-9-25-18(22-23-19(17)25)15-5-7-16(21)8-6-15/h3-9,13-14H,10-12H2,1-2H3/t13-,14+. The number of nitrogens with zero attached hydrogens (tertiary/aromatic N) is 4. The Bertz CT molecular complexity index is 940. The highest BCUT2D eigenvalue weighted by atomic mass is 19.1. The average Bonchev–Trinajstić information content (AvgIpc) is 3.05. The van der Waals surface area contributed by atoms with Crippen LogP contribution in [0.3, 0.4) is 0 Å². The minimum absolute atomic E-state index is 0.00736. The van der Waals surface area contributed by atoms with Crippen molar-refractivity contribution in [3.05, 3.63) is 54.0 Å². The number of fused-ring (bicyclic) bond motifs is 1. The van der Waals surface area contributed by atoms with Crippen molar-refractivity contribution in [1.82, 2.24) is 19.5 Å². The van der Waals surface area contributed by atoms with Crippen LogP contribution in [0.1, 0.15) is 30.6 Å². The molecule has 0 aliphatic carbocycles. The maximum Gasteiger partial charge on any atom is 0.257 e. The quantitative estimate of drug-likeness (QED) is 0.707. The van der Waals surface area contributed by atoms with E-state index in [1.807, 2.05) is 17.2 Å². The van der Waals surface area contributed by atoms with Crippen LogP contribution in [0.5, 0.6) is 0 Å². The Kier molecular flexibility index (Phi) is 4.18. The van der Waals surface area contributed by atoms with Gasteiger partial charge in [-0.3, -0.25) is 9.20 Å². The maximum atomic E-state index is 13.2. The lowest BCUT2D eigenvalue weighted by Gasteiger charge is -2.35. The minimum atomic E-state index is -0.299. The number of amides is 1. The molecule has 0 spiro atoms. The summed E-state index contributed by atoms with van der Waals surface area (Å²) in [6.45, 7) is 5.90. The van der Waals surface area contributed by atoms with Gasteiger partial charge in [0.25, 0.3) is 5.91 Å². The van der Waals surface area contributed by atoms with Gasteiger partial charge in [-0.15, -0.1) is 10.2 Å². The van der Waals surface area contributed by atoms with E-state index in [0.717, 1.165) is 25.1 Å². The number of likely N-dealkylation sites (tertiary alicyclic amines) is 1. The summed E-state index contributed by atoms with van der Waals surface area (Å²) in [7, 11) is 0. The first-order chi connectivity index (χ1) is 12.5. The van der Waals surface area contributed by atoms with E-state index in [-0.39, 0.29) is 11.7 Å². The second-order valence-electron chi connectivity index (χ2n) is 7.30. The molecule has 134 valence electrons. The van der Waals surface area contributed by atoms with E-state index in [0.29, 0.717) is 28.9 Å². The number of carbonyl (C=O) groups is 1. The second-order valence-corrected chi connectivity index (χ2v) is 7.30. The number of benzene rings is 1. The zero-order valence-electron chi connectivity index (χ0n) is 14.9. The summed E-state index contributed by atoms with van der Waals surface area (Å²) in [5.41, 5.74) is 1.83. The van der Waals surface area contributed by atoms with Gasteiger partial charge < -0.3 is 4.90 Å². The van der Waals surface area contributed by atoms with Crippen molar-refractivity contribution in [3.63, 3.8) is 0 Å². The predicted molar refractivity (Wildman–Crippen MR) is 97.2 cm³/mol. The molecule has 0 N–H and O–H groups in total. The third kappa shape index (κ3) is 2.96. The Hall–Kier alpha value is -2.76. The van der Waals surface area contributed by atoms with E-state index in [4.69, 9.17) is 0 Å². The van der Waals surface area contributed by atoms with Gasteiger partial charge in [-0.1, -0.05) is 13.8 Å². The van der Waals surface area contributed by atoms with Gasteiger partial charge >= 0.3 is 0 Å². The summed E-state index contributed by atoms with van der Waals surface area (Å²) >= 11 is 0. The third-order valence-corrected chi connectivity index (χ3v) is 4.92.